The second-order valence-corrected chi connectivity index (χ2v) is 8.25. The predicted octanol–water partition coefficient (Wildman–Crippen LogP) is 3.29. The number of hydrogen-bond acceptors (Lipinski definition) is 7. The molecule has 2 aromatic heterocycles. The van der Waals surface area contributed by atoms with E-state index in [4.69, 9.17) is 9.15 Å². The van der Waals surface area contributed by atoms with Crippen molar-refractivity contribution in [2.24, 2.45) is 11.0 Å². The summed E-state index contributed by atoms with van der Waals surface area (Å²) >= 11 is 1.62. The third-order valence-corrected chi connectivity index (χ3v) is 6.33. The largest absolute Gasteiger partial charge is 0.467 e. The quantitative estimate of drug-likeness (QED) is 0.677. The highest BCUT2D eigenvalue weighted by Crippen LogP contribution is 2.34. The molecule has 1 saturated heterocycles. The summed E-state index contributed by atoms with van der Waals surface area (Å²) in [5, 5.41) is 8.24. The Hall–Kier alpha value is -2.45. The third-order valence-electron chi connectivity index (χ3n) is 5.41. The van der Waals surface area contributed by atoms with Gasteiger partial charge in [0.05, 0.1) is 35.9 Å². The second kappa shape index (κ2) is 8.92. The molecule has 0 spiro atoms. The SMILES string of the molecule is CCOC(=O)C1CCN(CC(=O)N2N=C(c3cccs3)CC2c2ccco2)CC1. The van der Waals surface area contributed by atoms with Crippen molar-refractivity contribution >= 4 is 28.9 Å². The predicted molar refractivity (Wildman–Crippen MR) is 110 cm³/mol. The first-order chi connectivity index (χ1) is 14.2. The first-order valence-electron chi connectivity index (χ1n) is 10.0. The minimum atomic E-state index is -0.216. The lowest BCUT2D eigenvalue weighted by atomic mass is 9.97. The molecule has 2 aromatic rings. The highest BCUT2D eigenvalue weighted by Gasteiger charge is 2.36. The number of carbonyl (C=O) groups is 2. The number of esters is 1. The Kier molecular flexibility index (Phi) is 6.10. The van der Waals surface area contributed by atoms with Crippen molar-refractivity contribution in [1.82, 2.24) is 9.91 Å². The van der Waals surface area contributed by atoms with E-state index in [0.717, 1.165) is 29.2 Å². The molecule has 7 nitrogen and oxygen atoms in total. The van der Waals surface area contributed by atoms with Gasteiger partial charge in [-0.3, -0.25) is 14.5 Å². The lowest BCUT2D eigenvalue weighted by molar-refractivity contribution is -0.149. The Labute approximate surface area is 173 Å². The molecular formula is C21H25N3O4S. The van der Waals surface area contributed by atoms with E-state index in [1.165, 1.54) is 0 Å². The van der Waals surface area contributed by atoms with Crippen LogP contribution in [0.15, 0.2) is 45.4 Å². The average molecular weight is 416 g/mol. The number of hydrazone groups is 1. The van der Waals surface area contributed by atoms with Crippen LogP contribution in [0.5, 0.6) is 0 Å². The van der Waals surface area contributed by atoms with Crippen LogP contribution in [0.1, 0.15) is 42.9 Å². The summed E-state index contributed by atoms with van der Waals surface area (Å²) in [4.78, 5) is 28.2. The number of nitrogens with zero attached hydrogens (tertiary/aromatic N) is 3. The highest BCUT2D eigenvalue weighted by atomic mass is 32.1. The van der Waals surface area contributed by atoms with Gasteiger partial charge in [0.15, 0.2) is 0 Å². The number of hydrogen-bond donors (Lipinski definition) is 0. The summed E-state index contributed by atoms with van der Waals surface area (Å²) in [6.07, 6.45) is 3.71. The highest BCUT2D eigenvalue weighted by molar-refractivity contribution is 7.12. The first-order valence-corrected chi connectivity index (χ1v) is 10.9. The van der Waals surface area contributed by atoms with Crippen LogP contribution in [-0.4, -0.2) is 53.7 Å². The fourth-order valence-corrected chi connectivity index (χ4v) is 4.61. The normalized spacial score (nSPS) is 20.7. The fraction of sp³-hybridized carbons (Fsp3) is 0.476. The zero-order valence-electron chi connectivity index (χ0n) is 16.5. The lowest BCUT2D eigenvalue weighted by Crippen LogP contribution is -2.43. The summed E-state index contributed by atoms with van der Waals surface area (Å²) in [5.74, 6) is 0.510. The molecular weight excluding hydrogens is 390 g/mol. The van der Waals surface area contributed by atoms with E-state index in [1.807, 2.05) is 36.6 Å². The Morgan fingerprint density at radius 2 is 2.10 bits per heavy atom. The Morgan fingerprint density at radius 3 is 2.76 bits per heavy atom. The van der Waals surface area contributed by atoms with E-state index < -0.39 is 0 Å². The molecule has 2 aliphatic heterocycles. The lowest BCUT2D eigenvalue weighted by Gasteiger charge is -2.31. The van der Waals surface area contributed by atoms with Crippen molar-refractivity contribution in [3.05, 3.63) is 46.5 Å². The molecule has 154 valence electrons. The number of thiophene rings is 1. The summed E-state index contributed by atoms with van der Waals surface area (Å²) in [7, 11) is 0. The van der Waals surface area contributed by atoms with Gasteiger partial charge in [-0.25, -0.2) is 5.01 Å². The van der Waals surface area contributed by atoms with Crippen LogP contribution in [0.3, 0.4) is 0 Å². The molecule has 8 heteroatoms. The summed E-state index contributed by atoms with van der Waals surface area (Å²) < 4.78 is 10.7. The van der Waals surface area contributed by atoms with Crippen molar-refractivity contribution in [1.29, 1.82) is 0 Å². The van der Waals surface area contributed by atoms with Gasteiger partial charge in [0.1, 0.15) is 11.8 Å². The molecule has 0 radical (unpaired) electrons. The number of ether oxygens (including phenoxy) is 1. The van der Waals surface area contributed by atoms with Gasteiger partial charge in [0, 0.05) is 6.42 Å². The first kappa shape index (κ1) is 19.8. The second-order valence-electron chi connectivity index (χ2n) is 7.30. The van der Waals surface area contributed by atoms with E-state index in [-0.39, 0.29) is 30.4 Å². The van der Waals surface area contributed by atoms with Crippen LogP contribution in [0.25, 0.3) is 0 Å². The molecule has 1 atom stereocenters. The number of piperidine rings is 1. The van der Waals surface area contributed by atoms with Gasteiger partial charge in [-0.1, -0.05) is 6.07 Å². The molecule has 4 rings (SSSR count). The van der Waals surface area contributed by atoms with Gasteiger partial charge in [0.2, 0.25) is 0 Å². The van der Waals surface area contributed by atoms with Crippen LogP contribution < -0.4 is 0 Å². The number of carbonyl (C=O) groups excluding carboxylic acids is 2. The third kappa shape index (κ3) is 4.43. The number of amides is 1. The van der Waals surface area contributed by atoms with Gasteiger partial charge < -0.3 is 9.15 Å². The van der Waals surface area contributed by atoms with Gasteiger partial charge in [-0.05, 0) is 56.4 Å². The zero-order valence-corrected chi connectivity index (χ0v) is 17.3. The summed E-state index contributed by atoms with van der Waals surface area (Å²) in [6, 6.07) is 7.52. The maximum Gasteiger partial charge on any atom is 0.309 e. The smallest absolute Gasteiger partial charge is 0.309 e. The molecule has 29 heavy (non-hydrogen) atoms. The van der Waals surface area contributed by atoms with Gasteiger partial charge in [-0.15, -0.1) is 11.3 Å². The van der Waals surface area contributed by atoms with Gasteiger partial charge >= 0.3 is 5.97 Å². The van der Waals surface area contributed by atoms with E-state index in [9.17, 15) is 9.59 Å². The minimum Gasteiger partial charge on any atom is -0.467 e. The molecule has 0 aliphatic carbocycles. The van der Waals surface area contributed by atoms with Gasteiger partial charge in [0.25, 0.3) is 5.91 Å². The molecule has 0 aromatic carbocycles. The summed E-state index contributed by atoms with van der Waals surface area (Å²) in [5.41, 5.74) is 0.913. The molecule has 0 N–H and O–H groups in total. The van der Waals surface area contributed by atoms with Crippen molar-refractivity contribution in [2.75, 3.05) is 26.2 Å². The van der Waals surface area contributed by atoms with E-state index in [0.29, 0.717) is 26.1 Å². The molecule has 1 unspecified atom stereocenters. The molecule has 0 bridgehead atoms. The zero-order chi connectivity index (χ0) is 20.2. The molecule has 4 heterocycles. The molecule has 1 fully saturated rings. The van der Waals surface area contributed by atoms with Crippen LogP contribution >= 0.6 is 11.3 Å². The number of furan rings is 1. The topological polar surface area (TPSA) is 75.3 Å². The maximum atomic E-state index is 13.1. The van der Waals surface area contributed by atoms with E-state index in [2.05, 4.69) is 10.0 Å². The van der Waals surface area contributed by atoms with Gasteiger partial charge in [-0.2, -0.15) is 5.10 Å². The summed E-state index contributed by atoms with van der Waals surface area (Å²) in [6.45, 7) is 3.92. The molecule has 1 amide bonds. The maximum absolute atomic E-state index is 13.1. The Bertz CT molecular complexity index is 855. The molecule has 2 aliphatic rings. The van der Waals surface area contributed by atoms with Crippen LogP contribution in [0.4, 0.5) is 0 Å². The van der Waals surface area contributed by atoms with Crippen molar-refractivity contribution in [3.8, 4) is 0 Å². The Balaban J connectivity index is 1.41. The Morgan fingerprint density at radius 1 is 1.28 bits per heavy atom. The number of rotatable bonds is 6. The monoisotopic (exact) mass is 415 g/mol. The van der Waals surface area contributed by atoms with E-state index >= 15 is 0 Å². The minimum absolute atomic E-state index is 0.0486. The van der Waals surface area contributed by atoms with Crippen molar-refractivity contribution in [2.45, 2.75) is 32.2 Å². The van der Waals surface area contributed by atoms with Crippen molar-refractivity contribution in [3.63, 3.8) is 0 Å². The van der Waals surface area contributed by atoms with Crippen LogP contribution in [0, 0.1) is 5.92 Å². The van der Waals surface area contributed by atoms with Crippen molar-refractivity contribution < 1.29 is 18.7 Å². The van der Waals surface area contributed by atoms with E-state index in [1.54, 1.807) is 22.6 Å². The van der Waals surface area contributed by atoms with Crippen LogP contribution in [0.2, 0.25) is 0 Å². The number of likely N-dealkylation sites (tertiary alicyclic amines) is 1. The fourth-order valence-electron chi connectivity index (χ4n) is 3.89. The molecule has 0 saturated carbocycles. The standard InChI is InChI=1S/C21H25N3O4S/c1-2-27-21(26)15-7-9-23(10-8-15)14-20(25)24-17(18-5-3-11-28-18)13-16(22-24)19-6-4-12-29-19/h3-6,11-12,15,17H,2,7-10,13-14H2,1H3. The average Bonchev–Trinajstić information content (AvgIpc) is 3.49. The van der Waals surface area contributed by atoms with Crippen LogP contribution in [-0.2, 0) is 14.3 Å².